The first-order valence-electron chi connectivity index (χ1n) is 9.31. The van der Waals surface area contributed by atoms with E-state index < -0.39 is 6.10 Å². The average Bonchev–Trinajstić information content (AvgIpc) is 2.66. The van der Waals surface area contributed by atoms with Crippen molar-refractivity contribution in [1.82, 2.24) is 5.32 Å². The molecule has 3 nitrogen and oxygen atoms in total. The molecule has 2 aromatic rings. The second kappa shape index (κ2) is 8.19. The Morgan fingerprint density at radius 1 is 1.08 bits per heavy atom. The van der Waals surface area contributed by atoms with Gasteiger partial charge in [0.2, 0.25) is 0 Å². The van der Waals surface area contributed by atoms with Crippen LogP contribution in [0.2, 0.25) is 0 Å². The number of aryl methyl sites for hydroxylation is 2. The molecule has 0 saturated heterocycles. The molecule has 3 rings (SSSR count). The SMILES string of the molecule is CC[C@H](NC(=O)[C@H](C)Oc1ccc2c(c1)CCCC2)c1ccccc1. The number of nitrogens with one attached hydrogen (secondary N) is 1. The molecule has 1 N–H and O–H groups in total. The minimum absolute atomic E-state index is 0.0169. The number of ether oxygens (including phenoxy) is 1. The van der Waals surface area contributed by atoms with Crippen LogP contribution in [-0.2, 0) is 17.6 Å². The molecule has 3 heteroatoms. The van der Waals surface area contributed by atoms with Crippen molar-refractivity contribution in [3.05, 3.63) is 65.2 Å². The van der Waals surface area contributed by atoms with Crippen LogP contribution in [0.5, 0.6) is 5.75 Å². The van der Waals surface area contributed by atoms with Crippen molar-refractivity contribution in [1.29, 1.82) is 0 Å². The summed E-state index contributed by atoms with van der Waals surface area (Å²) in [5.74, 6) is 0.712. The summed E-state index contributed by atoms with van der Waals surface area (Å²) in [7, 11) is 0. The predicted octanol–water partition coefficient (Wildman–Crippen LogP) is 4.60. The van der Waals surface area contributed by atoms with E-state index in [2.05, 4.69) is 24.4 Å². The van der Waals surface area contributed by atoms with Gasteiger partial charge in [-0.15, -0.1) is 0 Å². The summed E-state index contributed by atoms with van der Waals surface area (Å²) in [6.07, 6.45) is 5.10. The van der Waals surface area contributed by atoms with E-state index in [4.69, 9.17) is 4.74 Å². The zero-order valence-corrected chi connectivity index (χ0v) is 15.1. The van der Waals surface area contributed by atoms with Gasteiger partial charge in [-0.1, -0.05) is 43.3 Å². The van der Waals surface area contributed by atoms with Crippen LogP contribution in [0.25, 0.3) is 0 Å². The lowest BCUT2D eigenvalue weighted by atomic mass is 9.92. The Balaban J connectivity index is 1.62. The molecule has 0 bridgehead atoms. The van der Waals surface area contributed by atoms with Crippen LogP contribution >= 0.6 is 0 Å². The van der Waals surface area contributed by atoms with Crippen LogP contribution in [-0.4, -0.2) is 12.0 Å². The van der Waals surface area contributed by atoms with Crippen LogP contribution in [0, 0.1) is 0 Å². The summed E-state index contributed by atoms with van der Waals surface area (Å²) in [6, 6.07) is 16.3. The number of carbonyl (C=O) groups excluding carboxylic acids is 1. The maximum Gasteiger partial charge on any atom is 0.261 e. The maximum absolute atomic E-state index is 12.5. The first-order valence-corrected chi connectivity index (χ1v) is 9.31. The third-order valence-corrected chi connectivity index (χ3v) is 4.93. The lowest BCUT2D eigenvalue weighted by Gasteiger charge is -2.22. The number of carbonyl (C=O) groups is 1. The highest BCUT2D eigenvalue weighted by Gasteiger charge is 2.20. The highest BCUT2D eigenvalue weighted by Crippen LogP contribution is 2.26. The average molecular weight is 337 g/mol. The normalized spacial score (nSPS) is 15.8. The second-order valence-corrected chi connectivity index (χ2v) is 6.78. The first kappa shape index (κ1) is 17.5. The topological polar surface area (TPSA) is 38.3 Å². The zero-order chi connectivity index (χ0) is 17.6. The maximum atomic E-state index is 12.5. The summed E-state index contributed by atoms with van der Waals surface area (Å²) in [4.78, 5) is 12.5. The molecule has 1 amide bonds. The van der Waals surface area contributed by atoms with Gasteiger partial charge < -0.3 is 10.1 Å². The largest absolute Gasteiger partial charge is 0.481 e. The van der Waals surface area contributed by atoms with Gasteiger partial charge in [-0.25, -0.2) is 0 Å². The van der Waals surface area contributed by atoms with E-state index in [-0.39, 0.29) is 11.9 Å². The smallest absolute Gasteiger partial charge is 0.261 e. The molecule has 1 aliphatic rings. The molecule has 0 unspecified atom stereocenters. The van der Waals surface area contributed by atoms with Gasteiger partial charge in [0.1, 0.15) is 5.75 Å². The van der Waals surface area contributed by atoms with Crippen molar-refractivity contribution in [3.8, 4) is 5.75 Å². The molecule has 0 aliphatic heterocycles. The lowest BCUT2D eigenvalue weighted by Crippen LogP contribution is -2.38. The minimum atomic E-state index is -0.514. The molecule has 1 aliphatic carbocycles. The predicted molar refractivity (Wildman–Crippen MR) is 101 cm³/mol. The van der Waals surface area contributed by atoms with Gasteiger partial charge in [-0.05, 0) is 67.9 Å². The fraction of sp³-hybridized carbons (Fsp3) is 0.409. The number of rotatable bonds is 6. The van der Waals surface area contributed by atoms with Gasteiger partial charge in [-0.3, -0.25) is 4.79 Å². The lowest BCUT2D eigenvalue weighted by molar-refractivity contribution is -0.128. The number of hydrogen-bond acceptors (Lipinski definition) is 2. The second-order valence-electron chi connectivity index (χ2n) is 6.78. The molecule has 132 valence electrons. The minimum Gasteiger partial charge on any atom is -0.481 e. The molecule has 2 atom stereocenters. The third-order valence-electron chi connectivity index (χ3n) is 4.93. The van der Waals surface area contributed by atoms with E-state index in [1.54, 1.807) is 0 Å². The van der Waals surface area contributed by atoms with Crippen molar-refractivity contribution in [2.75, 3.05) is 0 Å². The molecule has 25 heavy (non-hydrogen) atoms. The monoisotopic (exact) mass is 337 g/mol. The number of hydrogen-bond donors (Lipinski definition) is 1. The molecule has 0 fully saturated rings. The summed E-state index contributed by atoms with van der Waals surface area (Å²) in [5, 5.41) is 3.10. The van der Waals surface area contributed by atoms with Gasteiger partial charge in [0.05, 0.1) is 6.04 Å². The highest BCUT2D eigenvalue weighted by atomic mass is 16.5. The molecule has 0 aromatic heterocycles. The Labute approximate surface area is 150 Å². The molecule has 0 saturated carbocycles. The summed E-state index contributed by atoms with van der Waals surface area (Å²) >= 11 is 0. The summed E-state index contributed by atoms with van der Waals surface area (Å²) in [6.45, 7) is 3.89. The molecule has 0 spiro atoms. The molecule has 2 aromatic carbocycles. The molecule has 0 heterocycles. The van der Waals surface area contributed by atoms with Crippen LogP contribution in [0.15, 0.2) is 48.5 Å². The van der Waals surface area contributed by atoms with E-state index in [0.717, 1.165) is 30.6 Å². The van der Waals surface area contributed by atoms with Gasteiger partial charge in [0.25, 0.3) is 5.91 Å². The van der Waals surface area contributed by atoms with Crippen molar-refractivity contribution in [2.45, 2.75) is 58.1 Å². The van der Waals surface area contributed by atoms with Crippen LogP contribution in [0.3, 0.4) is 0 Å². The van der Waals surface area contributed by atoms with E-state index in [9.17, 15) is 4.79 Å². The quantitative estimate of drug-likeness (QED) is 0.836. The van der Waals surface area contributed by atoms with Gasteiger partial charge in [0, 0.05) is 0 Å². The van der Waals surface area contributed by atoms with Crippen LogP contribution in [0.4, 0.5) is 0 Å². The highest BCUT2D eigenvalue weighted by molar-refractivity contribution is 5.81. The van der Waals surface area contributed by atoms with E-state index in [1.807, 2.05) is 43.3 Å². The number of amides is 1. The molecular weight excluding hydrogens is 310 g/mol. The Bertz CT molecular complexity index is 711. The number of benzene rings is 2. The molecule has 0 radical (unpaired) electrons. The summed E-state index contributed by atoms with van der Waals surface area (Å²) < 4.78 is 5.91. The Morgan fingerprint density at radius 2 is 1.80 bits per heavy atom. The first-order chi connectivity index (χ1) is 12.2. The molecular formula is C22H27NO2. The fourth-order valence-corrected chi connectivity index (χ4v) is 3.44. The van der Waals surface area contributed by atoms with Gasteiger partial charge in [0.15, 0.2) is 6.10 Å². The standard InChI is InChI=1S/C22H27NO2/c1-3-21(18-10-5-4-6-11-18)23-22(24)16(2)25-20-14-13-17-9-7-8-12-19(17)15-20/h4-6,10-11,13-16,21H,3,7-9,12H2,1-2H3,(H,23,24)/t16-,21-/m0/s1. The summed E-state index contributed by atoms with van der Waals surface area (Å²) in [5.41, 5.74) is 3.91. The Morgan fingerprint density at radius 3 is 2.52 bits per heavy atom. The van der Waals surface area contributed by atoms with E-state index in [0.29, 0.717) is 0 Å². The van der Waals surface area contributed by atoms with Crippen molar-refractivity contribution in [2.24, 2.45) is 0 Å². The van der Waals surface area contributed by atoms with Crippen molar-refractivity contribution < 1.29 is 9.53 Å². The van der Waals surface area contributed by atoms with Gasteiger partial charge in [-0.2, -0.15) is 0 Å². The van der Waals surface area contributed by atoms with Crippen molar-refractivity contribution in [3.63, 3.8) is 0 Å². The third kappa shape index (κ3) is 4.41. The van der Waals surface area contributed by atoms with E-state index in [1.165, 1.54) is 24.0 Å². The Kier molecular flexibility index (Phi) is 5.75. The van der Waals surface area contributed by atoms with E-state index >= 15 is 0 Å². The Hall–Kier alpha value is -2.29. The zero-order valence-electron chi connectivity index (χ0n) is 15.1. The fourth-order valence-electron chi connectivity index (χ4n) is 3.44. The van der Waals surface area contributed by atoms with Crippen molar-refractivity contribution >= 4 is 5.91 Å². The number of fused-ring (bicyclic) bond motifs is 1. The van der Waals surface area contributed by atoms with Crippen LogP contribution in [0.1, 0.15) is 55.8 Å². The van der Waals surface area contributed by atoms with Gasteiger partial charge >= 0.3 is 0 Å². The van der Waals surface area contributed by atoms with Crippen LogP contribution < -0.4 is 10.1 Å².